The summed E-state index contributed by atoms with van der Waals surface area (Å²) in [5.74, 6) is 0. The maximum atomic E-state index is 2.52. The van der Waals surface area contributed by atoms with Crippen molar-refractivity contribution >= 4 is 108 Å². The van der Waals surface area contributed by atoms with Gasteiger partial charge in [0.1, 0.15) is 0 Å². The molecule has 0 saturated heterocycles. The predicted molar refractivity (Wildman–Crippen MR) is 303 cm³/mol. The zero-order valence-corrected chi connectivity index (χ0v) is 38.2. The minimum absolute atomic E-state index is 1.22. The minimum atomic E-state index is 1.22. The lowest BCUT2D eigenvalue weighted by Crippen LogP contribution is -1.94. The summed E-state index contributed by atoms with van der Waals surface area (Å²) in [6.07, 6.45) is 0. The molecule has 0 heterocycles. The van der Waals surface area contributed by atoms with Crippen molar-refractivity contribution in [1.29, 1.82) is 0 Å². The van der Waals surface area contributed by atoms with Crippen LogP contribution in [0.2, 0.25) is 0 Å². The lowest BCUT2D eigenvalue weighted by Gasteiger charge is -2.21. The van der Waals surface area contributed by atoms with Gasteiger partial charge in [0.25, 0.3) is 0 Å². The van der Waals surface area contributed by atoms with Gasteiger partial charge in [-0.3, -0.25) is 0 Å². The number of benzene rings is 15. The van der Waals surface area contributed by atoms with E-state index in [1.807, 2.05) is 0 Å². The lowest BCUT2D eigenvalue weighted by atomic mass is 9.82. The molecule has 0 heteroatoms. The highest BCUT2D eigenvalue weighted by Crippen LogP contribution is 2.50. The largest absolute Gasteiger partial charge is 0.0616 e. The summed E-state index contributed by atoms with van der Waals surface area (Å²) < 4.78 is 0. The van der Waals surface area contributed by atoms with Crippen LogP contribution in [0.15, 0.2) is 255 Å². The van der Waals surface area contributed by atoms with E-state index in [1.54, 1.807) is 0 Å². The zero-order valence-electron chi connectivity index (χ0n) is 38.2. The Morgan fingerprint density at radius 3 is 0.929 bits per heavy atom. The molecule has 15 rings (SSSR count). The van der Waals surface area contributed by atoms with Crippen LogP contribution >= 0.6 is 0 Å². The van der Waals surface area contributed by atoms with Crippen LogP contribution in [0.5, 0.6) is 0 Å². The van der Waals surface area contributed by atoms with Gasteiger partial charge in [0.2, 0.25) is 0 Å². The van der Waals surface area contributed by atoms with Crippen LogP contribution in [-0.4, -0.2) is 0 Å². The van der Waals surface area contributed by atoms with Crippen molar-refractivity contribution in [2.75, 3.05) is 0 Å². The van der Waals surface area contributed by atoms with Crippen LogP contribution in [0.3, 0.4) is 0 Å². The Kier molecular flexibility index (Phi) is 8.46. The van der Waals surface area contributed by atoms with Gasteiger partial charge in [-0.05, 0) is 176 Å². The molecule has 0 atom stereocenters. The first-order chi connectivity index (χ1) is 34.7. The minimum Gasteiger partial charge on any atom is -0.0616 e. The second kappa shape index (κ2) is 15.2. The maximum absolute atomic E-state index is 2.52. The van der Waals surface area contributed by atoms with Gasteiger partial charge in [0.05, 0.1) is 0 Å². The molecular weight excluding hydrogens is 841 g/mol. The van der Waals surface area contributed by atoms with E-state index in [2.05, 4.69) is 255 Å². The molecule has 70 heavy (non-hydrogen) atoms. The van der Waals surface area contributed by atoms with Crippen molar-refractivity contribution in [3.8, 4) is 44.5 Å². The van der Waals surface area contributed by atoms with Crippen molar-refractivity contribution in [2.24, 2.45) is 0 Å². The van der Waals surface area contributed by atoms with Gasteiger partial charge in [-0.25, -0.2) is 0 Å². The summed E-state index contributed by atoms with van der Waals surface area (Å²) in [5.41, 5.74) is 10.1. The summed E-state index contributed by atoms with van der Waals surface area (Å²) in [6.45, 7) is 0. The summed E-state index contributed by atoms with van der Waals surface area (Å²) >= 11 is 0. The highest BCUT2D eigenvalue weighted by molar-refractivity contribution is 6.35. The Labute approximate surface area is 404 Å². The van der Waals surface area contributed by atoms with Crippen molar-refractivity contribution in [3.05, 3.63) is 255 Å². The Morgan fingerprint density at radius 2 is 0.471 bits per heavy atom. The molecule has 0 spiro atoms. The van der Waals surface area contributed by atoms with Crippen molar-refractivity contribution in [2.45, 2.75) is 0 Å². The number of rotatable bonds is 4. The van der Waals surface area contributed by atoms with Gasteiger partial charge in [0, 0.05) is 0 Å². The molecule has 0 aliphatic rings. The summed E-state index contributed by atoms with van der Waals surface area (Å²) in [7, 11) is 0. The Hall–Kier alpha value is -9.10. The first-order valence-corrected chi connectivity index (χ1v) is 24.4. The SMILES string of the molecule is c1ccc2cc(-c3c4ccccc4c(-c4ccc5c(c4)c4ccccc4c4cc(-c6c7ccccc7c(-c7ccc8ccccc8c7)c7ccccc67)c6ccccc6c54)c4ccccc34)ccc2c1. The van der Waals surface area contributed by atoms with Crippen molar-refractivity contribution < 1.29 is 0 Å². The van der Waals surface area contributed by atoms with Crippen molar-refractivity contribution in [1.82, 2.24) is 0 Å². The molecule has 0 aliphatic heterocycles. The Balaban J connectivity index is 1.00. The molecule has 15 aromatic carbocycles. The van der Waals surface area contributed by atoms with Gasteiger partial charge in [-0.15, -0.1) is 0 Å². The van der Waals surface area contributed by atoms with E-state index in [0.29, 0.717) is 0 Å². The van der Waals surface area contributed by atoms with Crippen LogP contribution in [0.1, 0.15) is 0 Å². The second-order valence-electron chi connectivity index (χ2n) is 19.0. The molecule has 0 aromatic heterocycles. The molecule has 0 N–H and O–H groups in total. The van der Waals surface area contributed by atoms with Gasteiger partial charge >= 0.3 is 0 Å². The van der Waals surface area contributed by atoms with Crippen molar-refractivity contribution in [3.63, 3.8) is 0 Å². The van der Waals surface area contributed by atoms with Crippen LogP contribution in [0, 0.1) is 0 Å². The van der Waals surface area contributed by atoms with Gasteiger partial charge in [0.15, 0.2) is 0 Å². The van der Waals surface area contributed by atoms with E-state index in [4.69, 9.17) is 0 Å². The first kappa shape index (κ1) is 38.9. The first-order valence-electron chi connectivity index (χ1n) is 24.4. The zero-order chi connectivity index (χ0) is 45.9. The van der Waals surface area contributed by atoms with Crippen LogP contribution in [-0.2, 0) is 0 Å². The van der Waals surface area contributed by atoms with E-state index in [0.717, 1.165) is 0 Å². The molecule has 0 amide bonds. The van der Waals surface area contributed by atoms with E-state index < -0.39 is 0 Å². The standard InChI is InChI=1S/C70H42/c1-3-19-45-39-47(35-33-43(45)17-1)66-54-25-9-11-27-56(54)68(57-28-12-10-26-55(57)66)49-37-38-62-63(41-49)50-21-5-6-22-51(50)64-42-65(52-23-7-8-24-53(52)69(62)64)70-60-31-15-13-29-58(60)67(59-30-14-16-32-61(59)70)48-36-34-44-18-2-4-20-46(44)40-48/h1-42H. The summed E-state index contributed by atoms with van der Waals surface area (Å²) in [4.78, 5) is 0. The topological polar surface area (TPSA) is 0 Å². The molecule has 0 aliphatic carbocycles. The Morgan fingerprint density at radius 1 is 0.157 bits per heavy atom. The van der Waals surface area contributed by atoms with E-state index in [9.17, 15) is 0 Å². The van der Waals surface area contributed by atoms with Gasteiger partial charge in [-0.2, -0.15) is 0 Å². The highest BCUT2D eigenvalue weighted by Gasteiger charge is 2.23. The normalized spacial score (nSPS) is 12.0. The van der Waals surface area contributed by atoms with Gasteiger partial charge < -0.3 is 0 Å². The molecule has 0 bridgehead atoms. The van der Waals surface area contributed by atoms with Gasteiger partial charge in [-0.1, -0.05) is 231 Å². The summed E-state index contributed by atoms with van der Waals surface area (Å²) in [5, 5.41) is 25.2. The fourth-order valence-corrected chi connectivity index (χ4v) is 12.3. The fraction of sp³-hybridized carbons (Fsp3) is 0. The lowest BCUT2D eigenvalue weighted by molar-refractivity contribution is 1.68. The molecule has 0 nitrogen and oxygen atoms in total. The highest BCUT2D eigenvalue weighted by atomic mass is 14.3. The number of hydrogen-bond donors (Lipinski definition) is 0. The average molecular weight is 883 g/mol. The van der Waals surface area contributed by atoms with E-state index in [1.165, 1.54) is 152 Å². The monoisotopic (exact) mass is 882 g/mol. The third kappa shape index (κ3) is 5.71. The smallest absolute Gasteiger partial charge is 0.00199 e. The van der Waals surface area contributed by atoms with E-state index in [-0.39, 0.29) is 0 Å². The molecule has 0 saturated carbocycles. The maximum Gasteiger partial charge on any atom is -0.00199 e. The second-order valence-corrected chi connectivity index (χ2v) is 19.0. The average Bonchev–Trinajstić information content (AvgIpc) is 3.43. The fourth-order valence-electron chi connectivity index (χ4n) is 12.3. The third-order valence-corrected chi connectivity index (χ3v) is 15.3. The third-order valence-electron chi connectivity index (χ3n) is 15.3. The van der Waals surface area contributed by atoms with Crippen LogP contribution < -0.4 is 0 Å². The molecule has 15 aromatic rings. The molecule has 0 fully saturated rings. The predicted octanol–water partition coefficient (Wildman–Crippen LogP) is 19.9. The number of hydrogen-bond acceptors (Lipinski definition) is 0. The summed E-state index contributed by atoms with van der Waals surface area (Å²) in [6, 6.07) is 95.4. The van der Waals surface area contributed by atoms with Crippen LogP contribution in [0.4, 0.5) is 0 Å². The van der Waals surface area contributed by atoms with E-state index >= 15 is 0 Å². The number of fused-ring (bicyclic) bond motifs is 14. The van der Waals surface area contributed by atoms with Crippen LogP contribution in [0.25, 0.3) is 152 Å². The molecule has 0 unspecified atom stereocenters. The Bertz CT molecular complexity index is 4590. The molecule has 322 valence electrons. The molecular formula is C70H42. The molecule has 0 radical (unpaired) electrons. The quantitative estimate of drug-likeness (QED) is 0.122.